The third-order valence-corrected chi connectivity index (χ3v) is 2.29. The molecule has 0 aliphatic carbocycles. The Hall–Kier alpha value is 0.507. The largest absolute Gasteiger partial charge is 1.00 e. The van der Waals surface area contributed by atoms with Crippen LogP contribution in [0.1, 0.15) is 39.0 Å². The Kier molecular flexibility index (Phi) is 10.2. The van der Waals surface area contributed by atoms with Gasteiger partial charge in [0.1, 0.15) is 0 Å². The van der Waals surface area contributed by atoms with Crippen molar-refractivity contribution in [3.8, 4) is 0 Å². The molecule has 3 nitrogen and oxygen atoms in total. The Balaban J connectivity index is 0. The van der Waals surface area contributed by atoms with Crippen molar-refractivity contribution in [3.05, 3.63) is 0 Å². The molecule has 0 fully saturated rings. The molecule has 68 valence electrons. The van der Waals surface area contributed by atoms with Crippen molar-refractivity contribution in [1.29, 1.82) is 0 Å². The van der Waals surface area contributed by atoms with Crippen LogP contribution < -0.4 is 18.9 Å². The zero-order chi connectivity index (χ0) is 8.74. The molecule has 0 aromatic carbocycles. The molecular weight excluding hydrogens is 171 g/mol. The molecule has 0 saturated heterocycles. The van der Waals surface area contributed by atoms with E-state index in [1.807, 2.05) is 0 Å². The molecule has 0 bridgehead atoms. The van der Waals surface area contributed by atoms with Crippen molar-refractivity contribution >= 4 is 10.1 Å². The summed E-state index contributed by atoms with van der Waals surface area (Å²) in [6.45, 7) is 2.09. The van der Waals surface area contributed by atoms with Crippen LogP contribution in [0.15, 0.2) is 0 Å². The zero-order valence-corrected chi connectivity index (χ0v) is 8.69. The van der Waals surface area contributed by atoms with E-state index in [2.05, 4.69) is 6.92 Å². The van der Waals surface area contributed by atoms with E-state index in [0.717, 1.165) is 25.7 Å². The zero-order valence-electron chi connectivity index (χ0n) is 7.88. The first-order valence-corrected chi connectivity index (χ1v) is 5.57. The SMILES string of the molecule is CCCCCCCS(=O)(=O)[O-].[Li+]. The molecule has 0 heterocycles. The van der Waals surface area contributed by atoms with Gasteiger partial charge in [0.2, 0.25) is 0 Å². The second-order valence-corrected chi connectivity index (χ2v) is 4.20. The molecule has 0 aliphatic heterocycles. The minimum absolute atomic E-state index is 0. The molecule has 0 rings (SSSR count). The molecule has 0 aromatic heterocycles. The van der Waals surface area contributed by atoms with Gasteiger partial charge >= 0.3 is 18.9 Å². The van der Waals surface area contributed by atoms with Gasteiger partial charge in [-0.3, -0.25) is 0 Å². The van der Waals surface area contributed by atoms with Gasteiger partial charge in [-0.2, -0.15) is 0 Å². The molecular formula is C7H15LiO3S. The predicted molar refractivity (Wildman–Crippen MR) is 43.3 cm³/mol. The Bertz CT molecular complexity index is 177. The first-order chi connectivity index (χ1) is 5.06. The van der Waals surface area contributed by atoms with Crippen LogP contribution in [0.2, 0.25) is 0 Å². The van der Waals surface area contributed by atoms with E-state index in [9.17, 15) is 13.0 Å². The smallest absolute Gasteiger partial charge is 0.748 e. The van der Waals surface area contributed by atoms with E-state index >= 15 is 0 Å². The third-order valence-electron chi connectivity index (χ3n) is 1.50. The summed E-state index contributed by atoms with van der Waals surface area (Å²) in [5, 5.41) is 0. The van der Waals surface area contributed by atoms with Gasteiger partial charge < -0.3 is 4.55 Å². The van der Waals surface area contributed by atoms with Crippen LogP contribution in [0.4, 0.5) is 0 Å². The van der Waals surface area contributed by atoms with Gasteiger partial charge in [-0.25, -0.2) is 8.42 Å². The topological polar surface area (TPSA) is 57.2 Å². The Morgan fingerprint density at radius 3 is 2.00 bits per heavy atom. The minimum atomic E-state index is -3.96. The summed E-state index contributed by atoms with van der Waals surface area (Å²) in [6.07, 6.45) is 4.66. The van der Waals surface area contributed by atoms with Gasteiger partial charge in [-0.15, -0.1) is 0 Å². The predicted octanol–water partition coefficient (Wildman–Crippen LogP) is -1.49. The normalized spacial score (nSPS) is 10.8. The summed E-state index contributed by atoms with van der Waals surface area (Å²) in [7, 11) is -3.96. The Morgan fingerprint density at radius 1 is 1.08 bits per heavy atom. The van der Waals surface area contributed by atoms with E-state index in [-0.39, 0.29) is 24.6 Å². The summed E-state index contributed by atoms with van der Waals surface area (Å²) < 4.78 is 30.3. The van der Waals surface area contributed by atoms with Gasteiger partial charge in [0, 0.05) is 5.75 Å². The second kappa shape index (κ2) is 8.12. The maximum Gasteiger partial charge on any atom is 1.00 e. The maximum atomic E-state index is 10.1. The van der Waals surface area contributed by atoms with Crippen molar-refractivity contribution in [3.63, 3.8) is 0 Å². The first kappa shape index (κ1) is 15.0. The van der Waals surface area contributed by atoms with Crippen molar-refractivity contribution in [2.24, 2.45) is 0 Å². The molecule has 0 amide bonds. The molecule has 0 unspecified atom stereocenters. The van der Waals surface area contributed by atoms with Gasteiger partial charge in [-0.1, -0.05) is 32.6 Å². The van der Waals surface area contributed by atoms with E-state index in [4.69, 9.17) is 0 Å². The van der Waals surface area contributed by atoms with E-state index in [0.29, 0.717) is 6.42 Å². The van der Waals surface area contributed by atoms with Gasteiger partial charge in [0.15, 0.2) is 0 Å². The van der Waals surface area contributed by atoms with Crippen LogP contribution in [0.5, 0.6) is 0 Å². The second-order valence-electron chi connectivity index (χ2n) is 2.68. The molecule has 0 saturated carbocycles. The van der Waals surface area contributed by atoms with Crippen molar-refractivity contribution in [1.82, 2.24) is 0 Å². The van der Waals surface area contributed by atoms with Crippen LogP contribution in [0.25, 0.3) is 0 Å². The standard InChI is InChI=1S/C7H16O3S.Li/c1-2-3-4-5-6-7-11(8,9)10;/h2-7H2,1H3,(H,8,9,10);/q;+1/p-1. The quantitative estimate of drug-likeness (QED) is 0.288. The van der Waals surface area contributed by atoms with Crippen molar-refractivity contribution in [2.45, 2.75) is 39.0 Å². The van der Waals surface area contributed by atoms with Crippen LogP contribution >= 0.6 is 0 Å². The average molecular weight is 186 g/mol. The van der Waals surface area contributed by atoms with Crippen LogP contribution in [0.3, 0.4) is 0 Å². The molecule has 12 heavy (non-hydrogen) atoms. The summed E-state index contributed by atoms with van der Waals surface area (Å²) in [6, 6.07) is 0. The van der Waals surface area contributed by atoms with E-state index in [1.165, 1.54) is 0 Å². The number of rotatable bonds is 6. The van der Waals surface area contributed by atoms with E-state index < -0.39 is 10.1 Å². The fourth-order valence-corrected chi connectivity index (χ4v) is 1.44. The van der Waals surface area contributed by atoms with Gasteiger partial charge in [0.25, 0.3) is 0 Å². The van der Waals surface area contributed by atoms with Crippen LogP contribution in [0, 0.1) is 0 Å². The maximum absolute atomic E-state index is 10.1. The summed E-state index contributed by atoms with van der Waals surface area (Å²) in [5.41, 5.74) is 0. The average Bonchev–Trinajstić information content (AvgIpc) is 1.85. The molecule has 0 N–H and O–H groups in total. The molecule has 5 heteroatoms. The molecule has 0 aliphatic rings. The van der Waals surface area contributed by atoms with Crippen LogP contribution in [-0.2, 0) is 10.1 Å². The summed E-state index contributed by atoms with van der Waals surface area (Å²) in [5.74, 6) is -0.198. The first-order valence-electron chi connectivity index (χ1n) is 4.00. The van der Waals surface area contributed by atoms with Crippen LogP contribution in [-0.4, -0.2) is 18.7 Å². The molecule has 0 atom stereocenters. The molecule has 0 spiro atoms. The third kappa shape index (κ3) is 13.1. The summed E-state index contributed by atoms with van der Waals surface area (Å²) >= 11 is 0. The summed E-state index contributed by atoms with van der Waals surface area (Å²) in [4.78, 5) is 0. The van der Waals surface area contributed by atoms with Gasteiger partial charge in [0.05, 0.1) is 10.1 Å². The fraction of sp³-hybridized carbons (Fsp3) is 1.00. The van der Waals surface area contributed by atoms with Crippen molar-refractivity contribution < 1.29 is 31.8 Å². The number of hydrogen-bond acceptors (Lipinski definition) is 3. The van der Waals surface area contributed by atoms with E-state index in [1.54, 1.807) is 0 Å². The Labute approximate surface area is 86.9 Å². The molecule has 0 aromatic rings. The Morgan fingerprint density at radius 2 is 1.58 bits per heavy atom. The number of unbranched alkanes of at least 4 members (excludes halogenated alkanes) is 4. The fourth-order valence-electron chi connectivity index (χ4n) is 0.882. The monoisotopic (exact) mass is 186 g/mol. The molecule has 0 radical (unpaired) electrons. The minimum Gasteiger partial charge on any atom is -0.748 e. The number of hydrogen-bond donors (Lipinski definition) is 0. The van der Waals surface area contributed by atoms with Crippen molar-refractivity contribution in [2.75, 3.05) is 5.75 Å². The van der Waals surface area contributed by atoms with Gasteiger partial charge in [-0.05, 0) is 6.42 Å².